The van der Waals surface area contributed by atoms with E-state index in [1.54, 1.807) is 24.3 Å². The number of likely N-dealkylation sites (tertiary alicyclic amines) is 1. The largest absolute Gasteiger partial charge is 0.478 e. The zero-order valence-electron chi connectivity index (χ0n) is 22.8. The number of rotatable bonds is 8. The van der Waals surface area contributed by atoms with Crippen molar-refractivity contribution in [2.75, 3.05) is 25.0 Å². The molecule has 2 saturated heterocycles. The van der Waals surface area contributed by atoms with E-state index in [2.05, 4.69) is 19.8 Å². The molecule has 0 spiro atoms. The molecule has 0 radical (unpaired) electrons. The highest BCUT2D eigenvalue weighted by atomic mass is 19.1. The number of piperidine rings is 1. The predicted octanol–water partition coefficient (Wildman–Crippen LogP) is 4.56. The molecule has 214 valence electrons. The molecule has 0 bridgehead atoms. The van der Waals surface area contributed by atoms with Crippen LogP contribution in [0.1, 0.15) is 63.0 Å². The molecule has 4 aromatic rings. The molecule has 6 rings (SSSR count). The maximum atomic E-state index is 14.3. The van der Waals surface area contributed by atoms with Crippen LogP contribution in [0.25, 0.3) is 11.0 Å². The normalized spacial score (nSPS) is 17.5. The van der Waals surface area contributed by atoms with Crippen molar-refractivity contribution in [2.24, 2.45) is 0 Å². The van der Waals surface area contributed by atoms with Crippen LogP contribution >= 0.6 is 0 Å². The number of pyridine rings is 1. The molecule has 2 aromatic carbocycles. The number of fused-ring (bicyclic) bond motifs is 1. The van der Waals surface area contributed by atoms with Gasteiger partial charge < -0.3 is 19.7 Å². The number of carbonyl (C=O) groups is 2. The van der Waals surface area contributed by atoms with Crippen LogP contribution in [0.3, 0.4) is 0 Å². The molecule has 0 saturated carbocycles. The third kappa shape index (κ3) is 5.72. The standard InChI is InChI=1S/C31H29FN6O4/c32-24-14-19(16-33)4-6-23(24)30(39)36-28-3-1-2-25(34-28)20-8-11-37(12-9-20)18-29-35-26-7-5-21(31(40)41)15-27(26)38(29)17-22-10-13-42-22/h1-7,14-15,20,22H,8-13,17-18H2,(H,40,41)(H,34,36,39)/t22-/m0/s1. The van der Waals surface area contributed by atoms with Gasteiger partial charge in [0.05, 0.1) is 53.0 Å². The number of carboxylic acids is 1. The first-order valence-corrected chi connectivity index (χ1v) is 13.9. The Morgan fingerprint density at radius 3 is 2.60 bits per heavy atom. The Kier molecular flexibility index (Phi) is 7.65. The summed E-state index contributed by atoms with van der Waals surface area (Å²) in [5, 5.41) is 21.1. The average molecular weight is 569 g/mol. The molecule has 2 aliphatic rings. The molecule has 2 aromatic heterocycles. The number of halogens is 1. The van der Waals surface area contributed by atoms with Crippen LogP contribution < -0.4 is 5.32 Å². The number of amides is 1. The lowest BCUT2D eigenvalue weighted by molar-refractivity contribution is -0.0592. The first kappa shape index (κ1) is 27.5. The van der Waals surface area contributed by atoms with Gasteiger partial charge in [0.1, 0.15) is 17.5 Å². The number of aromatic nitrogens is 3. The van der Waals surface area contributed by atoms with Gasteiger partial charge in [0.15, 0.2) is 0 Å². The van der Waals surface area contributed by atoms with Gasteiger partial charge in [0, 0.05) is 18.2 Å². The molecular weight excluding hydrogens is 539 g/mol. The number of ether oxygens (including phenoxy) is 1. The van der Waals surface area contributed by atoms with Gasteiger partial charge in [0.25, 0.3) is 5.91 Å². The zero-order valence-corrected chi connectivity index (χ0v) is 22.8. The molecule has 4 heterocycles. The van der Waals surface area contributed by atoms with Gasteiger partial charge in [0.2, 0.25) is 0 Å². The fourth-order valence-corrected chi connectivity index (χ4v) is 5.55. The number of carboxylic acid groups (broad SMARTS) is 1. The van der Waals surface area contributed by atoms with Crippen LogP contribution in [0.2, 0.25) is 0 Å². The Bertz CT molecular complexity index is 1700. The van der Waals surface area contributed by atoms with Crippen LogP contribution in [0.15, 0.2) is 54.6 Å². The zero-order chi connectivity index (χ0) is 29.2. The predicted molar refractivity (Wildman–Crippen MR) is 152 cm³/mol. The van der Waals surface area contributed by atoms with E-state index in [4.69, 9.17) is 15.0 Å². The van der Waals surface area contributed by atoms with Crippen LogP contribution in [0.4, 0.5) is 10.2 Å². The topological polar surface area (TPSA) is 133 Å². The fourth-order valence-electron chi connectivity index (χ4n) is 5.55. The van der Waals surface area contributed by atoms with Gasteiger partial charge in [-0.3, -0.25) is 9.69 Å². The summed E-state index contributed by atoms with van der Waals surface area (Å²) < 4.78 is 22.1. The number of hydrogen-bond donors (Lipinski definition) is 2. The summed E-state index contributed by atoms with van der Waals surface area (Å²) in [5.41, 5.74) is 2.67. The third-order valence-corrected chi connectivity index (χ3v) is 7.98. The van der Waals surface area contributed by atoms with E-state index in [0.717, 1.165) is 67.6 Å². The van der Waals surface area contributed by atoms with Crippen LogP contribution in [0, 0.1) is 17.1 Å². The Balaban J connectivity index is 1.12. The van der Waals surface area contributed by atoms with E-state index in [1.165, 1.54) is 12.1 Å². The second-order valence-electron chi connectivity index (χ2n) is 10.7. The molecule has 1 atom stereocenters. The lowest BCUT2D eigenvalue weighted by atomic mass is 9.93. The van der Waals surface area contributed by atoms with Crippen molar-refractivity contribution in [3.63, 3.8) is 0 Å². The second kappa shape index (κ2) is 11.7. The number of hydrogen-bond acceptors (Lipinski definition) is 7. The highest BCUT2D eigenvalue weighted by Crippen LogP contribution is 2.29. The summed E-state index contributed by atoms with van der Waals surface area (Å²) in [6, 6.07) is 16.1. The molecule has 2 fully saturated rings. The van der Waals surface area contributed by atoms with E-state index in [-0.39, 0.29) is 28.7 Å². The summed E-state index contributed by atoms with van der Waals surface area (Å²) in [6.45, 7) is 3.66. The maximum absolute atomic E-state index is 14.3. The first-order chi connectivity index (χ1) is 20.4. The minimum Gasteiger partial charge on any atom is -0.478 e. The number of carbonyl (C=O) groups excluding carboxylic acids is 1. The third-order valence-electron chi connectivity index (χ3n) is 7.98. The van der Waals surface area contributed by atoms with Crippen molar-refractivity contribution < 1.29 is 23.8 Å². The van der Waals surface area contributed by atoms with Crippen molar-refractivity contribution in [3.8, 4) is 6.07 Å². The van der Waals surface area contributed by atoms with Gasteiger partial charge in [-0.05, 0) is 80.9 Å². The summed E-state index contributed by atoms with van der Waals surface area (Å²) >= 11 is 0. The SMILES string of the molecule is N#Cc1ccc(C(=O)Nc2cccc(C3CCN(Cc4nc5ccc(C(=O)O)cc5n4C[C@@H]4CCO4)CC3)n2)c(F)c1. The fraction of sp³-hybridized carbons (Fsp3) is 0.323. The summed E-state index contributed by atoms with van der Waals surface area (Å²) in [4.78, 5) is 36.1. The number of benzene rings is 2. The number of imidazole rings is 1. The van der Waals surface area contributed by atoms with E-state index in [0.29, 0.717) is 18.9 Å². The van der Waals surface area contributed by atoms with Crippen molar-refractivity contribution in [1.29, 1.82) is 5.26 Å². The highest BCUT2D eigenvalue weighted by Gasteiger charge is 2.26. The number of anilines is 1. The molecule has 42 heavy (non-hydrogen) atoms. The van der Waals surface area contributed by atoms with Crippen molar-refractivity contribution in [1.82, 2.24) is 19.4 Å². The summed E-state index contributed by atoms with van der Waals surface area (Å²) in [5.74, 6) is -0.916. The number of nitrogens with zero attached hydrogens (tertiary/aromatic N) is 5. The van der Waals surface area contributed by atoms with Gasteiger partial charge >= 0.3 is 5.97 Å². The average Bonchev–Trinajstić information content (AvgIpc) is 3.31. The lowest BCUT2D eigenvalue weighted by Crippen LogP contribution is -2.35. The summed E-state index contributed by atoms with van der Waals surface area (Å²) in [6.07, 6.45) is 2.80. The smallest absolute Gasteiger partial charge is 0.335 e. The Labute approximate surface area is 241 Å². The van der Waals surface area contributed by atoms with E-state index in [9.17, 15) is 19.1 Å². The van der Waals surface area contributed by atoms with Crippen LogP contribution in [-0.4, -0.2) is 62.2 Å². The molecule has 0 aliphatic carbocycles. The van der Waals surface area contributed by atoms with E-state index >= 15 is 0 Å². The maximum Gasteiger partial charge on any atom is 0.335 e. The number of aromatic carboxylic acids is 1. The first-order valence-electron chi connectivity index (χ1n) is 13.9. The highest BCUT2D eigenvalue weighted by molar-refractivity contribution is 6.04. The minimum atomic E-state index is -0.966. The van der Waals surface area contributed by atoms with E-state index < -0.39 is 17.7 Å². The molecule has 11 heteroatoms. The quantitative estimate of drug-likeness (QED) is 0.316. The lowest BCUT2D eigenvalue weighted by Gasteiger charge is -2.32. The van der Waals surface area contributed by atoms with Crippen LogP contribution in [0.5, 0.6) is 0 Å². The number of nitrogens with one attached hydrogen (secondary N) is 1. The van der Waals surface area contributed by atoms with Gasteiger partial charge in [-0.15, -0.1) is 0 Å². The molecule has 0 unspecified atom stereocenters. The van der Waals surface area contributed by atoms with Crippen LogP contribution in [-0.2, 0) is 17.8 Å². The molecule has 2 aliphatic heterocycles. The van der Waals surface area contributed by atoms with Gasteiger partial charge in [-0.2, -0.15) is 5.26 Å². The Hall–Kier alpha value is -4.66. The Morgan fingerprint density at radius 1 is 1.10 bits per heavy atom. The molecule has 10 nitrogen and oxygen atoms in total. The van der Waals surface area contributed by atoms with Crippen molar-refractivity contribution in [2.45, 2.75) is 44.4 Å². The second-order valence-corrected chi connectivity index (χ2v) is 10.7. The van der Waals surface area contributed by atoms with Gasteiger partial charge in [-0.25, -0.2) is 19.2 Å². The van der Waals surface area contributed by atoms with Crippen molar-refractivity contribution in [3.05, 3.63) is 88.6 Å². The molecule has 2 N–H and O–H groups in total. The minimum absolute atomic E-state index is 0.104. The van der Waals surface area contributed by atoms with E-state index in [1.807, 2.05) is 18.2 Å². The monoisotopic (exact) mass is 568 g/mol. The summed E-state index contributed by atoms with van der Waals surface area (Å²) in [7, 11) is 0. The number of nitriles is 1. The van der Waals surface area contributed by atoms with Gasteiger partial charge in [-0.1, -0.05) is 6.07 Å². The molecular formula is C31H29FN6O4. The molecule has 1 amide bonds. The Morgan fingerprint density at radius 2 is 1.90 bits per heavy atom. The van der Waals surface area contributed by atoms with Crippen molar-refractivity contribution >= 4 is 28.7 Å².